The van der Waals surface area contributed by atoms with Crippen LogP contribution in [-0.2, 0) is 42.9 Å². The zero-order valence-corrected chi connectivity index (χ0v) is 26.7. The highest BCUT2D eigenvalue weighted by atomic mass is 16.6. The Bertz CT molecular complexity index is 1420. The number of allylic oxidation sites excluding steroid dienone is 1. The molecule has 45 heavy (non-hydrogen) atoms. The third-order valence-electron chi connectivity index (χ3n) is 11.7. The number of fused-ring (bicyclic) bond motifs is 5. The predicted octanol–water partition coefficient (Wildman–Crippen LogP) is 2.72. The van der Waals surface area contributed by atoms with Gasteiger partial charge in [-0.15, -0.1) is 0 Å². The van der Waals surface area contributed by atoms with Gasteiger partial charge < -0.3 is 34.3 Å². The maximum Gasteiger partial charge on any atom is 0.334 e. The highest BCUT2D eigenvalue weighted by Crippen LogP contribution is 2.75. The molecule has 12 atom stereocenters. The number of ketones is 1. The first-order valence-corrected chi connectivity index (χ1v) is 15.7. The van der Waals surface area contributed by atoms with Gasteiger partial charge in [0.15, 0.2) is 0 Å². The molecule has 2 spiro atoms. The smallest absolute Gasteiger partial charge is 0.334 e. The van der Waals surface area contributed by atoms with Crippen LogP contribution < -0.4 is 0 Å². The molecule has 6 rings (SSSR count). The summed E-state index contributed by atoms with van der Waals surface area (Å²) < 4.78 is 24.0. The molecule has 11 nitrogen and oxygen atoms in total. The summed E-state index contributed by atoms with van der Waals surface area (Å²) in [5, 5.41) is 12.0. The summed E-state index contributed by atoms with van der Waals surface area (Å²) in [4.78, 5) is 64.0. The Hall–Kier alpha value is -3.31. The molecule has 0 unspecified atom stereocenters. The molecule has 3 N–H and O–H groups in total. The number of hydrogen-bond acceptors (Lipinski definition) is 10. The molecule has 2 bridgehead atoms. The van der Waals surface area contributed by atoms with Crippen molar-refractivity contribution in [1.82, 2.24) is 0 Å². The van der Waals surface area contributed by atoms with Crippen molar-refractivity contribution in [3.63, 3.8) is 0 Å². The minimum atomic E-state index is -1.22. The molecule has 2 aliphatic heterocycles. The highest BCUT2D eigenvalue weighted by molar-refractivity contribution is 5.91. The van der Waals surface area contributed by atoms with Crippen molar-refractivity contribution >= 4 is 29.7 Å². The van der Waals surface area contributed by atoms with Crippen LogP contribution in [0.3, 0.4) is 0 Å². The lowest BCUT2D eigenvalue weighted by atomic mass is 9.57. The average molecular weight is 629 g/mol. The number of hydrogen-bond donors (Lipinski definition) is 1. The van der Waals surface area contributed by atoms with E-state index in [-0.39, 0.29) is 35.1 Å². The van der Waals surface area contributed by atoms with Crippen LogP contribution in [0.2, 0.25) is 0 Å². The second-order valence-corrected chi connectivity index (χ2v) is 14.1. The summed E-state index contributed by atoms with van der Waals surface area (Å²) >= 11 is 0. The van der Waals surface area contributed by atoms with Gasteiger partial charge >= 0.3 is 23.9 Å². The third kappa shape index (κ3) is 4.55. The summed E-state index contributed by atoms with van der Waals surface area (Å²) in [7, 11) is 0. The third-order valence-corrected chi connectivity index (χ3v) is 11.7. The average Bonchev–Trinajstić information content (AvgIpc) is 3.48. The van der Waals surface area contributed by atoms with Crippen LogP contribution in [-0.4, -0.2) is 70.8 Å². The normalized spacial score (nSPS) is 42.8. The molecule has 0 amide bonds. The van der Waals surface area contributed by atoms with E-state index in [1.54, 1.807) is 6.92 Å². The fraction of sp³-hybridized carbons (Fsp3) is 0.676. The second-order valence-electron chi connectivity index (χ2n) is 14.1. The molecule has 0 aromatic heterocycles. The lowest BCUT2D eigenvalue weighted by Gasteiger charge is -2.44. The molecule has 0 radical (unpaired) electrons. The Balaban J connectivity index is 0.00000400. The maximum absolute atomic E-state index is 14.4. The molecule has 4 fully saturated rings. The van der Waals surface area contributed by atoms with Gasteiger partial charge in [0.25, 0.3) is 0 Å². The number of aliphatic hydroxyl groups excluding tert-OH is 1. The fourth-order valence-electron chi connectivity index (χ4n) is 10.2. The van der Waals surface area contributed by atoms with E-state index in [4.69, 9.17) is 18.9 Å². The Kier molecular flexibility index (Phi) is 8.22. The minimum absolute atomic E-state index is 0. The molecule has 11 heteroatoms. The Morgan fingerprint density at radius 1 is 1.02 bits per heavy atom. The Morgan fingerprint density at radius 2 is 1.69 bits per heavy atom. The monoisotopic (exact) mass is 628 g/mol. The van der Waals surface area contributed by atoms with Crippen LogP contribution in [0.25, 0.3) is 0 Å². The van der Waals surface area contributed by atoms with E-state index < -0.39 is 83.0 Å². The molecule has 4 aliphatic carbocycles. The summed E-state index contributed by atoms with van der Waals surface area (Å²) in [6.07, 6.45) is -0.0339. The predicted molar refractivity (Wildman–Crippen MR) is 158 cm³/mol. The molecule has 0 aromatic rings. The van der Waals surface area contributed by atoms with Crippen LogP contribution in [0.15, 0.2) is 34.9 Å². The van der Waals surface area contributed by atoms with E-state index in [0.29, 0.717) is 31.3 Å². The fourth-order valence-corrected chi connectivity index (χ4v) is 10.2. The number of esters is 4. The van der Waals surface area contributed by atoms with E-state index >= 15 is 0 Å². The van der Waals surface area contributed by atoms with E-state index in [9.17, 15) is 29.1 Å². The van der Waals surface area contributed by atoms with Crippen molar-refractivity contribution in [3.8, 4) is 0 Å². The Labute approximate surface area is 262 Å². The van der Waals surface area contributed by atoms with Gasteiger partial charge in [0.1, 0.15) is 30.2 Å². The zero-order valence-electron chi connectivity index (χ0n) is 26.7. The molecular weight excluding hydrogens is 584 g/mol. The number of carbonyl (C=O) groups excluding carboxylic acids is 5. The van der Waals surface area contributed by atoms with Gasteiger partial charge in [-0.2, -0.15) is 0 Å². The molecule has 246 valence electrons. The lowest BCUT2D eigenvalue weighted by Crippen LogP contribution is -2.48. The molecule has 6 aliphatic rings. The van der Waals surface area contributed by atoms with Crippen molar-refractivity contribution in [2.24, 2.45) is 40.4 Å². The quantitative estimate of drug-likeness (QED) is 0.206. The van der Waals surface area contributed by atoms with Gasteiger partial charge in [-0.05, 0) is 63.0 Å². The summed E-state index contributed by atoms with van der Waals surface area (Å²) in [5.41, 5.74) is 0.427. The molecule has 2 heterocycles. The van der Waals surface area contributed by atoms with Gasteiger partial charge in [-0.1, -0.05) is 31.6 Å². The number of ether oxygens (including phenoxy) is 4. The summed E-state index contributed by atoms with van der Waals surface area (Å²) in [5.74, 6) is -4.08. The highest BCUT2D eigenvalue weighted by Gasteiger charge is 2.80. The van der Waals surface area contributed by atoms with Crippen LogP contribution in [0.1, 0.15) is 73.6 Å². The van der Waals surface area contributed by atoms with Gasteiger partial charge in [0, 0.05) is 37.2 Å². The SMILES string of the molecule is C=C1C(=O)O[C@H]2C[C@H](C)[C@@]34C[C@@]5(C(=O)O[C@@H]6C[C@H](C)C(CCC(C)=O)=C[C@H](OC(C)=O)[C@@H]65)[C@@H](C(C)=C3[C@@H](O)[C@H]12)[C@@H]4OC(C)=O.O. The lowest BCUT2D eigenvalue weighted by molar-refractivity contribution is -0.157. The van der Waals surface area contributed by atoms with Crippen molar-refractivity contribution in [3.05, 3.63) is 34.9 Å². The second kappa shape index (κ2) is 11.2. The first-order valence-electron chi connectivity index (χ1n) is 15.7. The van der Waals surface area contributed by atoms with Gasteiger partial charge in [-0.25, -0.2) is 4.79 Å². The molecule has 2 saturated heterocycles. The van der Waals surface area contributed by atoms with Crippen molar-refractivity contribution in [2.75, 3.05) is 0 Å². The molecular formula is C34H44O11. The largest absolute Gasteiger partial charge is 0.461 e. The van der Waals surface area contributed by atoms with Crippen LogP contribution in [0.5, 0.6) is 0 Å². The number of rotatable bonds is 5. The van der Waals surface area contributed by atoms with Crippen LogP contribution in [0.4, 0.5) is 0 Å². The van der Waals surface area contributed by atoms with E-state index in [1.807, 2.05) is 26.8 Å². The summed E-state index contributed by atoms with van der Waals surface area (Å²) in [6.45, 7) is 14.0. The molecule has 0 aromatic carbocycles. The minimum Gasteiger partial charge on any atom is -0.461 e. The van der Waals surface area contributed by atoms with Gasteiger partial charge in [0.05, 0.1) is 23.4 Å². The first-order chi connectivity index (χ1) is 20.6. The Morgan fingerprint density at radius 3 is 2.31 bits per heavy atom. The van der Waals surface area contributed by atoms with Gasteiger partial charge in [-0.3, -0.25) is 14.4 Å². The van der Waals surface area contributed by atoms with E-state index in [2.05, 4.69) is 6.58 Å². The van der Waals surface area contributed by atoms with Crippen LogP contribution >= 0.6 is 0 Å². The van der Waals surface area contributed by atoms with E-state index in [1.165, 1.54) is 13.8 Å². The maximum atomic E-state index is 14.4. The number of carbonyl (C=O) groups is 5. The summed E-state index contributed by atoms with van der Waals surface area (Å²) in [6, 6.07) is 0. The molecule has 2 saturated carbocycles. The number of aliphatic hydroxyl groups is 1. The zero-order chi connectivity index (χ0) is 32.0. The van der Waals surface area contributed by atoms with Crippen LogP contribution in [0, 0.1) is 40.4 Å². The van der Waals surface area contributed by atoms with Crippen molar-refractivity contribution < 1.29 is 53.5 Å². The van der Waals surface area contributed by atoms with Gasteiger partial charge in [0.2, 0.25) is 0 Å². The first kappa shape index (κ1) is 33.1. The van der Waals surface area contributed by atoms with Crippen molar-refractivity contribution in [2.45, 2.75) is 104 Å². The topological polar surface area (TPSA) is 174 Å². The number of Topliss-reactive ketones (excluding diaryl/α,β-unsaturated/α-hetero) is 1. The van der Waals surface area contributed by atoms with E-state index in [0.717, 1.165) is 11.1 Å². The van der Waals surface area contributed by atoms with Crippen molar-refractivity contribution in [1.29, 1.82) is 0 Å². The standard InChI is InChI=1S/C34H42O10.H2O/c1-14-10-23-28(24(41-19(6)36)12-21(14)9-8-16(3)35)34(32(40)44-23)13-33-15(2)11-22-25(17(4)31(39)43-22)29(38)26(33)18(5)27(34)30(33)42-20(7)37;/h12,14-15,22-25,27-30,38H,4,8-11,13H2,1-3,5-7H3;1H2/t14-,15-,22-,23+,24-,25+,27-,28+,29-,30-,33-,34+;/m0./s1.